The van der Waals surface area contributed by atoms with Gasteiger partial charge in [-0.2, -0.15) is 4.98 Å². The molecule has 7 heteroatoms. The number of nitrogens with zero attached hydrogens (tertiary/aromatic N) is 2. The molecule has 0 saturated carbocycles. The van der Waals surface area contributed by atoms with Gasteiger partial charge in [-0.3, -0.25) is 9.63 Å². The van der Waals surface area contributed by atoms with Gasteiger partial charge in [-0.1, -0.05) is 11.6 Å². The molecule has 0 aliphatic heterocycles. The molecular formula is C6H5Cl2N3O2. The van der Waals surface area contributed by atoms with Gasteiger partial charge in [0.05, 0.1) is 12.7 Å². The monoisotopic (exact) mass is 221 g/mol. The molecule has 0 fully saturated rings. The van der Waals surface area contributed by atoms with Gasteiger partial charge >= 0.3 is 0 Å². The molecule has 5 nitrogen and oxygen atoms in total. The maximum Gasteiger partial charge on any atom is 0.225 e. The third kappa shape index (κ3) is 2.27. The van der Waals surface area contributed by atoms with E-state index in [0.29, 0.717) is 6.29 Å². The smallest absolute Gasteiger partial charge is 0.225 e. The van der Waals surface area contributed by atoms with Gasteiger partial charge in [-0.15, -0.1) is 0 Å². The summed E-state index contributed by atoms with van der Waals surface area (Å²) in [6.45, 7) is 0. The Morgan fingerprint density at radius 1 is 1.46 bits per heavy atom. The van der Waals surface area contributed by atoms with Crippen LogP contribution in [0.2, 0.25) is 10.4 Å². The van der Waals surface area contributed by atoms with Crippen LogP contribution in [0.3, 0.4) is 0 Å². The second kappa shape index (κ2) is 4.36. The fourth-order valence-corrected chi connectivity index (χ4v) is 1.12. The van der Waals surface area contributed by atoms with Crippen LogP contribution in [0.1, 0.15) is 10.4 Å². The van der Waals surface area contributed by atoms with Crippen molar-refractivity contribution in [3.8, 4) is 0 Å². The van der Waals surface area contributed by atoms with Gasteiger partial charge in [0.15, 0.2) is 12.1 Å². The normalized spacial score (nSPS) is 9.77. The third-order valence-corrected chi connectivity index (χ3v) is 1.65. The van der Waals surface area contributed by atoms with E-state index in [-0.39, 0.29) is 21.8 Å². The minimum Gasteiger partial charge on any atom is -0.298 e. The van der Waals surface area contributed by atoms with Gasteiger partial charge in [-0.25, -0.2) is 10.5 Å². The van der Waals surface area contributed by atoms with E-state index in [4.69, 9.17) is 23.2 Å². The van der Waals surface area contributed by atoms with Crippen LogP contribution in [-0.4, -0.2) is 23.4 Å². The second-order valence-electron chi connectivity index (χ2n) is 1.97. The summed E-state index contributed by atoms with van der Waals surface area (Å²) in [4.78, 5) is 22.4. The predicted molar refractivity (Wildman–Crippen MR) is 48.1 cm³/mol. The summed E-state index contributed by atoms with van der Waals surface area (Å²) < 4.78 is 0. The van der Waals surface area contributed by atoms with Crippen LogP contribution in [0.25, 0.3) is 0 Å². The van der Waals surface area contributed by atoms with Gasteiger partial charge in [0.25, 0.3) is 0 Å². The molecule has 0 bridgehead atoms. The first-order chi connectivity index (χ1) is 6.19. The fourth-order valence-electron chi connectivity index (χ4n) is 0.695. The molecule has 0 radical (unpaired) electrons. The standard InChI is InChI=1S/C6H5Cl2N3O2/c1-13-11-5-3(2-12)4(7)9-6(8)10-5/h2H,1H3,(H,9,10,11). The zero-order valence-corrected chi connectivity index (χ0v) is 8.06. The Balaban J connectivity index is 3.20. The molecular weight excluding hydrogens is 217 g/mol. The number of hydrogen-bond acceptors (Lipinski definition) is 5. The Morgan fingerprint density at radius 2 is 2.15 bits per heavy atom. The van der Waals surface area contributed by atoms with Crippen LogP contribution in [0.5, 0.6) is 0 Å². The molecule has 70 valence electrons. The Kier molecular flexibility index (Phi) is 3.41. The van der Waals surface area contributed by atoms with Crippen LogP contribution in [-0.2, 0) is 4.84 Å². The van der Waals surface area contributed by atoms with Gasteiger partial charge in [0.1, 0.15) is 5.15 Å². The van der Waals surface area contributed by atoms with E-state index in [1.165, 1.54) is 7.11 Å². The number of aldehydes is 1. The molecule has 0 amide bonds. The molecule has 0 unspecified atom stereocenters. The fraction of sp³-hybridized carbons (Fsp3) is 0.167. The van der Waals surface area contributed by atoms with Crippen LogP contribution in [0.4, 0.5) is 5.82 Å². The highest BCUT2D eigenvalue weighted by molar-refractivity contribution is 6.34. The van der Waals surface area contributed by atoms with Crippen molar-refractivity contribution in [3.05, 3.63) is 16.0 Å². The van der Waals surface area contributed by atoms with E-state index in [1.807, 2.05) is 0 Å². The third-order valence-electron chi connectivity index (χ3n) is 1.19. The lowest BCUT2D eigenvalue weighted by Gasteiger charge is -2.05. The number of carbonyl (C=O) groups excluding carboxylic acids is 1. The van der Waals surface area contributed by atoms with E-state index in [9.17, 15) is 4.79 Å². The Hall–Kier alpha value is -0.910. The van der Waals surface area contributed by atoms with E-state index < -0.39 is 0 Å². The van der Waals surface area contributed by atoms with Gasteiger partial charge < -0.3 is 0 Å². The van der Waals surface area contributed by atoms with Crippen LogP contribution < -0.4 is 5.48 Å². The first kappa shape index (κ1) is 10.2. The number of anilines is 1. The number of carbonyl (C=O) groups is 1. The molecule has 1 rings (SSSR count). The summed E-state index contributed by atoms with van der Waals surface area (Å²) in [6.07, 6.45) is 0.514. The lowest BCUT2D eigenvalue weighted by atomic mass is 10.3. The Labute approximate surface area is 84.0 Å². The van der Waals surface area contributed by atoms with E-state index in [1.54, 1.807) is 0 Å². The number of aromatic nitrogens is 2. The molecule has 0 aliphatic rings. The largest absolute Gasteiger partial charge is 0.298 e. The molecule has 1 N–H and O–H groups in total. The summed E-state index contributed by atoms with van der Waals surface area (Å²) >= 11 is 11.1. The number of halogens is 2. The first-order valence-electron chi connectivity index (χ1n) is 3.16. The van der Waals surface area contributed by atoms with Gasteiger partial charge in [0, 0.05) is 0 Å². The minimum absolute atomic E-state index is 0.0189. The zero-order valence-electron chi connectivity index (χ0n) is 6.54. The summed E-state index contributed by atoms with van der Waals surface area (Å²) in [5.74, 6) is 0.141. The average molecular weight is 222 g/mol. The van der Waals surface area contributed by atoms with Crippen LogP contribution in [0, 0.1) is 0 Å². The number of rotatable bonds is 3. The Morgan fingerprint density at radius 3 is 2.69 bits per heavy atom. The molecule has 1 aromatic rings. The van der Waals surface area contributed by atoms with E-state index in [2.05, 4.69) is 20.3 Å². The summed E-state index contributed by atoms with van der Waals surface area (Å²) in [5, 5.41) is -0.0790. The molecule has 0 saturated heterocycles. The minimum atomic E-state index is -0.0600. The average Bonchev–Trinajstić information content (AvgIpc) is 2.04. The SMILES string of the molecule is CONc1nc(Cl)nc(Cl)c1C=O. The lowest BCUT2D eigenvalue weighted by molar-refractivity contribution is 0.112. The van der Waals surface area contributed by atoms with Gasteiger partial charge in [0.2, 0.25) is 5.28 Å². The van der Waals surface area contributed by atoms with Gasteiger partial charge in [-0.05, 0) is 11.6 Å². The molecule has 1 aromatic heterocycles. The van der Waals surface area contributed by atoms with Crippen LogP contribution in [0.15, 0.2) is 0 Å². The van der Waals surface area contributed by atoms with E-state index >= 15 is 0 Å². The molecule has 0 spiro atoms. The van der Waals surface area contributed by atoms with Crippen molar-refractivity contribution >= 4 is 35.3 Å². The van der Waals surface area contributed by atoms with Crippen molar-refractivity contribution in [1.82, 2.24) is 9.97 Å². The zero-order chi connectivity index (χ0) is 9.84. The molecule has 0 atom stereocenters. The maximum atomic E-state index is 10.5. The van der Waals surface area contributed by atoms with Crippen molar-refractivity contribution in [2.75, 3.05) is 12.6 Å². The highest BCUT2D eigenvalue weighted by atomic mass is 35.5. The quantitative estimate of drug-likeness (QED) is 0.364. The predicted octanol–water partition coefficient (Wildman–Crippen LogP) is 1.57. The maximum absolute atomic E-state index is 10.5. The molecule has 13 heavy (non-hydrogen) atoms. The van der Waals surface area contributed by atoms with Crippen molar-refractivity contribution in [2.45, 2.75) is 0 Å². The van der Waals surface area contributed by atoms with Crippen molar-refractivity contribution in [1.29, 1.82) is 0 Å². The molecule has 0 aromatic carbocycles. The Bertz CT molecular complexity index is 332. The lowest BCUT2D eigenvalue weighted by Crippen LogP contribution is -2.04. The summed E-state index contributed by atoms with van der Waals surface area (Å²) in [6, 6.07) is 0. The first-order valence-corrected chi connectivity index (χ1v) is 3.92. The second-order valence-corrected chi connectivity index (χ2v) is 2.67. The van der Waals surface area contributed by atoms with Crippen molar-refractivity contribution < 1.29 is 9.63 Å². The van der Waals surface area contributed by atoms with Crippen LogP contribution >= 0.6 is 23.2 Å². The van der Waals surface area contributed by atoms with Crippen molar-refractivity contribution in [2.24, 2.45) is 0 Å². The summed E-state index contributed by atoms with van der Waals surface area (Å²) in [5.41, 5.74) is 2.46. The summed E-state index contributed by atoms with van der Waals surface area (Å²) in [7, 11) is 1.37. The highest BCUT2D eigenvalue weighted by Gasteiger charge is 2.10. The topological polar surface area (TPSA) is 64.1 Å². The molecule has 1 heterocycles. The van der Waals surface area contributed by atoms with E-state index in [0.717, 1.165) is 0 Å². The molecule has 0 aliphatic carbocycles. The number of hydrogen-bond donors (Lipinski definition) is 1. The number of nitrogens with one attached hydrogen (secondary N) is 1. The highest BCUT2D eigenvalue weighted by Crippen LogP contribution is 2.20. The van der Waals surface area contributed by atoms with Crippen molar-refractivity contribution in [3.63, 3.8) is 0 Å².